The van der Waals surface area contributed by atoms with Crippen LogP contribution in [0.4, 0.5) is 0 Å². The predicted molar refractivity (Wildman–Crippen MR) is 73.6 cm³/mol. The van der Waals surface area contributed by atoms with Gasteiger partial charge in [0.25, 0.3) is 0 Å². The van der Waals surface area contributed by atoms with E-state index in [9.17, 15) is 5.11 Å². The molecule has 0 spiro atoms. The molecule has 0 radical (unpaired) electrons. The summed E-state index contributed by atoms with van der Waals surface area (Å²) in [6.07, 6.45) is -0.491. The molecule has 0 fully saturated rings. The highest BCUT2D eigenvalue weighted by molar-refractivity contribution is 7.12. The number of hydrogen-bond acceptors (Lipinski definition) is 2. The molecule has 1 unspecified atom stereocenters. The minimum Gasteiger partial charge on any atom is -0.383 e. The monoisotopic (exact) mass is 246 g/mol. The van der Waals surface area contributed by atoms with Crippen LogP contribution in [0.5, 0.6) is 0 Å². The first-order valence-corrected chi connectivity index (χ1v) is 6.74. The van der Waals surface area contributed by atoms with Gasteiger partial charge in [0, 0.05) is 9.75 Å². The number of benzene rings is 1. The standard InChI is InChI=1S/C15H18OS/c1-10(2)12-5-7-13(8-6-12)15(16)14-9-4-11(3)17-14/h4-10,15-16H,1-3H3. The summed E-state index contributed by atoms with van der Waals surface area (Å²) in [6.45, 7) is 6.41. The molecule has 0 aliphatic rings. The number of aliphatic hydroxyl groups is 1. The first-order valence-electron chi connectivity index (χ1n) is 5.92. The Hall–Kier alpha value is -1.12. The minimum absolute atomic E-state index is 0.491. The first-order chi connectivity index (χ1) is 8.08. The molecule has 1 atom stereocenters. The minimum atomic E-state index is -0.491. The molecule has 2 heteroatoms. The maximum absolute atomic E-state index is 10.2. The highest BCUT2D eigenvalue weighted by Crippen LogP contribution is 2.28. The Kier molecular flexibility index (Phi) is 3.65. The smallest absolute Gasteiger partial charge is 0.113 e. The normalized spacial score (nSPS) is 13.0. The molecule has 0 saturated heterocycles. The average Bonchev–Trinajstić information content (AvgIpc) is 2.75. The Balaban J connectivity index is 2.22. The summed E-state index contributed by atoms with van der Waals surface area (Å²) in [7, 11) is 0. The van der Waals surface area contributed by atoms with Gasteiger partial charge in [0.15, 0.2) is 0 Å². The number of aryl methyl sites for hydroxylation is 1. The molecule has 1 aromatic carbocycles. The maximum Gasteiger partial charge on any atom is 0.113 e. The third-order valence-corrected chi connectivity index (χ3v) is 4.00. The first kappa shape index (κ1) is 12.3. The number of rotatable bonds is 3. The van der Waals surface area contributed by atoms with Crippen LogP contribution in [-0.2, 0) is 0 Å². The van der Waals surface area contributed by atoms with Gasteiger partial charge in [-0.1, -0.05) is 38.1 Å². The SMILES string of the molecule is Cc1ccc(C(O)c2ccc(C(C)C)cc2)s1. The maximum atomic E-state index is 10.2. The Morgan fingerprint density at radius 2 is 1.53 bits per heavy atom. The molecule has 1 heterocycles. The van der Waals surface area contributed by atoms with Crippen LogP contribution in [-0.4, -0.2) is 5.11 Å². The molecule has 1 nitrogen and oxygen atoms in total. The van der Waals surface area contributed by atoms with Crippen LogP contribution >= 0.6 is 11.3 Å². The van der Waals surface area contributed by atoms with E-state index in [0.717, 1.165) is 10.4 Å². The summed E-state index contributed by atoms with van der Waals surface area (Å²) in [5.74, 6) is 0.533. The van der Waals surface area contributed by atoms with Gasteiger partial charge in [0.05, 0.1) is 0 Å². The Bertz CT molecular complexity index is 482. The molecule has 2 rings (SSSR count). The Morgan fingerprint density at radius 3 is 2.00 bits per heavy atom. The number of thiophene rings is 1. The number of hydrogen-bond donors (Lipinski definition) is 1. The van der Waals surface area contributed by atoms with Crippen LogP contribution in [0, 0.1) is 6.92 Å². The highest BCUT2D eigenvalue weighted by Gasteiger charge is 2.12. The van der Waals surface area contributed by atoms with E-state index in [2.05, 4.69) is 32.9 Å². The van der Waals surface area contributed by atoms with Gasteiger partial charge in [-0.2, -0.15) is 0 Å². The fraction of sp³-hybridized carbons (Fsp3) is 0.333. The summed E-state index contributed by atoms with van der Waals surface area (Å²) in [5, 5.41) is 10.2. The Morgan fingerprint density at radius 1 is 0.941 bits per heavy atom. The quantitative estimate of drug-likeness (QED) is 0.858. The van der Waals surface area contributed by atoms with Crippen molar-refractivity contribution in [2.45, 2.75) is 32.8 Å². The summed E-state index contributed by atoms with van der Waals surface area (Å²) >= 11 is 1.65. The zero-order valence-corrected chi connectivity index (χ0v) is 11.3. The second-order valence-corrected chi connectivity index (χ2v) is 5.99. The zero-order chi connectivity index (χ0) is 12.4. The average molecular weight is 246 g/mol. The lowest BCUT2D eigenvalue weighted by molar-refractivity contribution is 0.224. The van der Waals surface area contributed by atoms with Gasteiger partial charge in [0.1, 0.15) is 6.10 Å². The predicted octanol–water partition coefficient (Wildman–Crippen LogP) is 4.26. The molecular formula is C15H18OS. The summed E-state index contributed by atoms with van der Waals surface area (Å²) in [6, 6.07) is 12.3. The van der Waals surface area contributed by atoms with Crippen molar-refractivity contribution in [3.8, 4) is 0 Å². The van der Waals surface area contributed by atoms with E-state index >= 15 is 0 Å². The van der Waals surface area contributed by atoms with Crippen LogP contribution in [0.25, 0.3) is 0 Å². The van der Waals surface area contributed by atoms with Crippen LogP contribution in [0.15, 0.2) is 36.4 Å². The van der Waals surface area contributed by atoms with Gasteiger partial charge in [-0.15, -0.1) is 11.3 Å². The van der Waals surface area contributed by atoms with E-state index in [1.54, 1.807) is 11.3 Å². The Labute approximate surface area is 107 Å². The largest absolute Gasteiger partial charge is 0.383 e. The lowest BCUT2D eigenvalue weighted by atomic mass is 9.99. The fourth-order valence-electron chi connectivity index (χ4n) is 1.83. The van der Waals surface area contributed by atoms with Gasteiger partial charge in [-0.25, -0.2) is 0 Å². The summed E-state index contributed by atoms with van der Waals surface area (Å²) in [5.41, 5.74) is 2.28. The van der Waals surface area contributed by atoms with Crippen LogP contribution in [0.2, 0.25) is 0 Å². The van der Waals surface area contributed by atoms with Gasteiger partial charge in [-0.05, 0) is 36.1 Å². The van der Waals surface area contributed by atoms with Crippen molar-refractivity contribution in [1.29, 1.82) is 0 Å². The van der Waals surface area contributed by atoms with Gasteiger partial charge >= 0.3 is 0 Å². The highest BCUT2D eigenvalue weighted by atomic mass is 32.1. The van der Waals surface area contributed by atoms with Crippen molar-refractivity contribution in [2.24, 2.45) is 0 Å². The van der Waals surface area contributed by atoms with E-state index in [4.69, 9.17) is 0 Å². The van der Waals surface area contributed by atoms with Crippen LogP contribution < -0.4 is 0 Å². The lowest BCUT2D eigenvalue weighted by Gasteiger charge is -2.11. The molecule has 0 aliphatic heterocycles. The van der Waals surface area contributed by atoms with Crippen molar-refractivity contribution < 1.29 is 5.11 Å². The van der Waals surface area contributed by atoms with Crippen molar-refractivity contribution in [1.82, 2.24) is 0 Å². The molecule has 17 heavy (non-hydrogen) atoms. The van der Waals surface area contributed by atoms with Gasteiger partial charge in [0.2, 0.25) is 0 Å². The summed E-state index contributed by atoms with van der Waals surface area (Å²) in [4.78, 5) is 2.25. The van der Waals surface area contributed by atoms with Gasteiger partial charge in [-0.3, -0.25) is 0 Å². The van der Waals surface area contributed by atoms with Crippen molar-refractivity contribution in [3.63, 3.8) is 0 Å². The summed E-state index contributed by atoms with van der Waals surface area (Å²) < 4.78 is 0. The van der Waals surface area contributed by atoms with Gasteiger partial charge < -0.3 is 5.11 Å². The topological polar surface area (TPSA) is 20.2 Å². The molecule has 1 N–H and O–H groups in total. The van der Waals surface area contributed by atoms with Crippen LogP contribution in [0.1, 0.15) is 46.8 Å². The zero-order valence-electron chi connectivity index (χ0n) is 10.5. The molecule has 0 saturated carbocycles. The fourth-order valence-corrected chi connectivity index (χ4v) is 2.72. The molecule has 0 aliphatic carbocycles. The second kappa shape index (κ2) is 5.03. The third-order valence-electron chi connectivity index (χ3n) is 2.95. The van der Waals surface area contributed by atoms with Crippen LogP contribution in [0.3, 0.4) is 0 Å². The molecule has 2 aromatic rings. The third kappa shape index (κ3) is 2.76. The van der Waals surface area contributed by atoms with Crippen molar-refractivity contribution in [3.05, 3.63) is 57.3 Å². The van der Waals surface area contributed by atoms with E-state index in [0.29, 0.717) is 5.92 Å². The van der Waals surface area contributed by atoms with Crippen molar-refractivity contribution >= 4 is 11.3 Å². The van der Waals surface area contributed by atoms with E-state index < -0.39 is 6.10 Å². The van der Waals surface area contributed by atoms with E-state index in [1.165, 1.54) is 10.4 Å². The molecule has 90 valence electrons. The van der Waals surface area contributed by atoms with E-state index in [-0.39, 0.29) is 0 Å². The second-order valence-electron chi connectivity index (χ2n) is 4.67. The molecule has 0 bridgehead atoms. The van der Waals surface area contributed by atoms with Crippen molar-refractivity contribution in [2.75, 3.05) is 0 Å². The number of aliphatic hydroxyl groups excluding tert-OH is 1. The molecule has 1 aromatic heterocycles. The molecule has 0 amide bonds. The van der Waals surface area contributed by atoms with E-state index in [1.807, 2.05) is 24.3 Å². The molecular weight excluding hydrogens is 228 g/mol. The lowest BCUT2D eigenvalue weighted by Crippen LogP contribution is -1.97.